The molecule has 17 heavy (non-hydrogen) atoms. The van der Waals surface area contributed by atoms with Gasteiger partial charge in [0.25, 0.3) is 0 Å². The fraction of sp³-hybridized carbons (Fsp3) is 0.562. The third-order valence-electron chi connectivity index (χ3n) is 4.21. The van der Waals surface area contributed by atoms with Crippen LogP contribution >= 0.6 is 0 Å². The zero-order valence-corrected chi connectivity index (χ0v) is 10.3. The lowest BCUT2D eigenvalue weighted by Crippen LogP contribution is -2.22. The van der Waals surface area contributed by atoms with E-state index in [2.05, 4.69) is 30.9 Å². The molecule has 2 radical (unpaired) electrons. The Morgan fingerprint density at radius 2 is 1.71 bits per heavy atom. The van der Waals surface area contributed by atoms with Crippen LogP contribution in [0, 0.1) is 18.4 Å². The summed E-state index contributed by atoms with van der Waals surface area (Å²) in [7, 11) is 0. The van der Waals surface area contributed by atoms with Crippen LogP contribution in [-0.4, -0.2) is 6.10 Å². The van der Waals surface area contributed by atoms with Gasteiger partial charge < -0.3 is 4.74 Å². The largest absolute Gasteiger partial charge is 0.365 e. The molecular weight excluding hydrogens is 208 g/mol. The van der Waals surface area contributed by atoms with Gasteiger partial charge in [0.2, 0.25) is 0 Å². The fourth-order valence-corrected chi connectivity index (χ4v) is 3.38. The SMILES string of the molecule is [C](Cc1ccccc1)OC1CC2CCC(C2)C1. The van der Waals surface area contributed by atoms with Gasteiger partial charge in [0.1, 0.15) is 6.61 Å². The van der Waals surface area contributed by atoms with E-state index in [0.717, 1.165) is 18.3 Å². The minimum atomic E-state index is 0.449. The van der Waals surface area contributed by atoms with Crippen molar-refractivity contribution in [2.24, 2.45) is 11.8 Å². The van der Waals surface area contributed by atoms with E-state index < -0.39 is 0 Å². The molecule has 2 atom stereocenters. The van der Waals surface area contributed by atoms with Crippen molar-refractivity contribution < 1.29 is 4.74 Å². The van der Waals surface area contributed by atoms with Crippen molar-refractivity contribution in [2.75, 3.05) is 0 Å². The van der Waals surface area contributed by atoms with Crippen LogP contribution in [0.5, 0.6) is 0 Å². The Morgan fingerprint density at radius 3 is 2.41 bits per heavy atom. The normalized spacial score (nSPS) is 31.6. The molecule has 2 aliphatic rings. The Morgan fingerprint density at radius 1 is 1.00 bits per heavy atom. The van der Waals surface area contributed by atoms with E-state index in [1.54, 1.807) is 0 Å². The lowest BCUT2D eigenvalue weighted by atomic mass is 9.87. The van der Waals surface area contributed by atoms with Crippen molar-refractivity contribution in [1.82, 2.24) is 0 Å². The van der Waals surface area contributed by atoms with Crippen molar-refractivity contribution in [2.45, 2.75) is 44.6 Å². The van der Waals surface area contributed by atoms with Crippen LogP contribution in [0.3, 0.4) is 0 Å². The molecule has 2 fully saturated rings. The number of hydrogen-bond acceptors (Lipinski definition) is 1. The predicted octanol–water partition coefficient (Wildman–Crippen LogP) is 3.86. The van der Waals surface area contributed by atoms with Crippen LogP contribution in [0.2, 0.25) is 0 Å². The Kier molecular flexibility index (Phi) is 3.46. The summed E-state index contributed by atoms with van der Waals surface area (Å²) in [5.41, 5.74) is 1.28. The van der Waals surface area contributed by atoms with Crippen LogP contribution in [0.4, 0.5) is 0 Å². The summed E-state index contributed by atoms with van der Waals surface area (Å²) >= 11 is 0. The second-order valence-electron chi connectivity index (χ2n) is 5.56. The first-order valence-electron chi connectivity index (χ1n) is 6.82. The van der Waals surface area contributed by atoms with Gasteiger partial charge >= 0.3 is 0 Å². The van der Waals surface area contributed by atoms with Crippen LogP contribution in [0.25, 0.3) is 0 Å². The van der Waals surface area contributed by atoms with Crippen molar-refractivity contribution in [3.63, 3.8) is 0 Å². The van der Waals surface area contributed by atoms with Gasteiger partial charge in [-0.15, -0.1) is 0 Å². The summed E-state index contributed by atoms with van der Waals surface area (Å²) in [6.07, 6.45) is 8.11. The molecule has 0 aliphatic heterocycles. The molecule has 90 valence electrons. The fourth-order valence-electron chi connectivity index (χ4n) is 3.38. The summed E-state index contributed by atoms with van der Waals surface area (Å²) in [4.78, 5) is 0. The number of fused-ring (bicyclic) bond motifs is 2. The summed E-state index contributed by atoms with van der Waals surface area (Å²) < 4.78 is 5.82. The number of benzene rings is 1. The highest BCUT2D eigenvalue weighted by Gasteiger charge is 2.34. The highest BCUT2D eigenvalue weighted by Crippen LogP contribution is 2.43. The van der Waals surface area contributed by atoms with Crippen LogP contribution in [-0.2, 0) is 11.2 Å². The van der Waals surface area contributed by atoms with Crippen molar-refractivity contribution in [3.8, 4) is 0 Å². The summed E-state index contributed by atoms with van der Waals surface area (Å²) in [6, 6.07) is 10.4. The Balaban J connectivity index is 1.43. The van der Waals surface area contributed by atoms with E-state index in [1.807, 2.05) is 6.07 Å². The van der Waals surface area contributed by atoms with E-state index in [1.165, 1.54) is 37.7 Å². The molecule has 0 spiro atoms. The Hall–Kier alpha value is -0.820. The maximum absolute atomic E-state index is 5.82. The molecule has 1 nitrogen and oxygen atoms in total. The molecule has 2 unspecified atom stereocenters. The van der Waals surface area contributed by atoms with Gasteiger partial charge in [-0.1, -0.05) is 43.2 Å². The smallest absolute Gasteiger partial charge is 0.137 e. The second-order valence-corrected chi connectivity index (χ2v) is 5.56. The molecule has 2 aliphatic carbocycles. The van der Waals surface area contributed by atoms with Gasteiger partial charge in [-0.05, 0) is 36.7 Å². The summed E-state index contributed by atoms with van der Waals surface area (Å²) in [6.45, 7) is 3.14. The first kappa shape index (κ1) is 11.3. The maximum Gasteiger partial charge on any atom is 0.137 e. The number of rotatable bonds is 4. The van der Waals surface area contributed by atoms with Gasteiger partial charge in [-0.25, -0.2) is 0 Å². The molecule has 1 heteroatoms. The van der Waals surface area contributed by atoms with E-state index >= 15 is 0 Å². The zero-order valence-electron chi connectivity index (χ0n) is 10.3. The van der Waals surface area contributed by atoms with Gasteiger partial charge in [0.05, 0.1) is 6.10 Å². The van der Waals surface area contributed by atoms with Crippen molar-refractivity contribution in [1.29, 1.82) is 0 Å². The van der Waals surface area contributed by atoms with Gasteiger partial charge in [-0.3, -0.25) is 0 Å². The molecule has 1 aromatic carbocycles. The van der Waals surface area contributed by atoms with Crippen molar-refractivity contribution in [3.05, 3.63) is 42.5 Å². The molecule has 2 bridgehead atoms. The minimum Gasteiger partial charge on any atom is -0.365 e. The summed E-state index contributed by atoms with van der Waals surface area (Å²) in [5.74, 6) is 1.88. The quantitative estimate of drug-likeness (QED) is 0.760. The topological polar surface area (TPSA) is 9.23 Å². The average Bonchev–Trinajstić information content (AvgIpc) is 2.70. The predicted molar refractivity (Wildman–Crippen MR) is 68.3 cm³/mol. The lowest BCUT2D eigenvalue weighted by molar-refractivity contribution is 0.0481. The molecule has 1 aromatic rings. The molecule has 0 heterocycles. The first-order valence-corrected chi connectivity index (χ1v) is 6.82. The lowest BCUT2D eigenvalue weighted by Gasteiger charge is -2.27. The van der Waals surface area contributed by atoms with Gasteiger partial charge in [0.15, 0.2) is 0 Å². The van der Waals surface area contributed by atoms with Gasteiger partial charge in [0, 0.05) is 6.42 Å². The highest BCUT2D eigenvalue weighted by atomic mass is 16.5. The van der Waals surface area contributed by atoms with E-state index in [4.69, 9.17) is 4.74 Å². The molecule has 0 saturated heterocycles. The highest BCUT2D eigenvalue weighted by molar-refractivity contribution is 5.15. The van der Waals surface area contributed by atoms with Gasteiger partial charge in [-0.2, -0.15) is 0 Å². The Labute approximate surface area is 104 Å². The average molecular weight is 228 g/mol. The molecule has 0 N–H and O–H groups in total. The van der Waals surface area contributed by atoms with Crippen LogP contribution in [0.1, 0.15) is 37.7 Å². The van der Waals surface area contributed by atoms with Crippen LogP contribution in [0.15, 0.2) is 30.3 Å². The first-order chi connectivity index (χ1) is 8.40. The molecular formula is C16H20O. The van der Waals surface area contributed by atoms with E-state index in [0.29, 0.717) is 6.10 Å². The molecule has 3 rings (SSSR count). The monoisotopic (exact) mass is 228 g/mol. The summed E-state index contributed by atoms with van der Waals surface area (Å²) in [5, 5.41) is 0. The second kappa shape index (κ2) is 5.22. The molecule has 0 aromatic heterocycles. The van der Waals surface area contributed by atoms with E-state index in [9.17, 15) is 0 Å². The molecule has 2 saturated carbocycles. The van der Waals surface area contributed by atoms with Crippen LogP contribution < -0.4 is 0 Å². The molecule has 0 amide bonds. The minimum absolute atomic E-state index is 0.449. The zero-order chi connectivity index (χ0) is 11.5. The number of ether oxygens (including phenoxy) is 1. The maximum atomic E-state index is 5.82. The standard InChI is InChI=1S/C16H20O/c1-2-4-13(5-3-1)8-9-17-16-11-14-6-7-15(10-14)12-16/h1-5,14-16H,6-8,10-12H2. The Bertz CT molecular complexity index is 334. The van der Waals surface area contributed by atoms with Crippen molar-refractivity contribution >= 4 is 0 Å². The third-order valence-corrected chi connectivity index (χ3v) is 4.21. The number of hydrogen-bond donors (Lipinski definition) is 0. The third kappa shape index (κ3) is 2.90. The van der Waals surface area contributed by atoms with E-state index in [-0.39, 0.29) is 0 Å².